The summed E-state index contributed by atoms with van der Waals surface area (Å²) >= 11 is 0. The Kier molecular flexibility index (Phi) is 6.37. The van der Waals surface area contributed by atoms with Crippen molar-refractivity contribution < 1.29 is 5.11 Å². The normalized spacial score (nSPS) is 26.6. The monoisotopic (exact) mass is 227 g/mol. The summed E-state index contributed by atoms with van der Waals surface area (Å²) in [6.45, 7) is 9.03. The van der Waals surface area contributed by atoms with E-state index in [9.17, 15) is 5.11 Å². The number of aliphatic hydroxyl groups is 1. The summed E-state index contributed by atoms with van der Waals surface area (Å²) in [4.78, 5) is 2.52. The molecule has 1 aliphatic rings. The van der Waals surface area contributed by atoms with E-state index < -0.39 is 0 Å². The average molecular weight is 227 g/mol. The van der Waals surface area contributed by atoms with Crippen molar-refractivity contribution in [2.24, 2.45) is 5.92 Å². The van der Waals surface area contributed by atoms with Crippen LogP contribution in [-0.2, 0) is 0 Å². The first-order valence-electron chi connectivity index (χ1n) is 7.14. The molecule has 2 unspecified atom stereocenters. The van der Waals surface area contributed by atoms with Crippen molar-refractivity contribution in [1.82, 2.24) is 4.90 Å². The Labute approximate surface area is 101 Å². The highest BCUT2D eigenvalue weighted by Gasteiger charge is 2.28. The number of hydrogen-bond acceptors (Lipinski definition) is 2. The predicted molar refractivity (Wildman–Crippen MR) is 69.6 cm³/mol. The van der Waals surface area contributed by atoms with Crippen LogP contribution in [0.5, 0.6) is 0 Å². The van der Waals surface area contributed by atoms with Gasteiger partial charge >= 0.3 is 0 Å². The first kappa shape index (κ1) is 14.0. The minimum Gasteiger partial charge on any atom is -0.391 e. The van der Waals surface area contributed by atoms with Crippen molar-refractivity contribution in [2.45, 2.75) is 71.4 Å². The Bertz CT molecular complexity index is 180. The van der Waals surface area contributed by atoms with Gasteiger partial charge in [0.25, 0.3) is 0 Å². The van der Waals surface area contributed by atoms with Gasteiger partial charge in [-0.15, -0.1) is 0 Å². The van der Waals surface area contributed by atoms with E-state index in [1.54, 1.807) is 0 Å². The van der Waals surface area contributed by atoms with E-state index in [4.69, 9.17) is 0 Å². The molecule has 16 heavy (non-hydrogen) atoms. The molecule has 2 atom stereocenters. The van der Waals surface area contributed by atoms with Crippen LogP contribution in [0, 0.1) is 5.92 Å². The average Bonchev–Trinajstić information content (AvgIpc) is 2.32. The largest absolute Gasteiger partial charge is 0.391 e. The SMILES string of the molecule is CCC(CC)CN(CC)C1CCCCC1O. The second-order valence-electron chi connectivity index (χ2n) is 5.19. The second-order valence-corrected chi connectivity index (χ2v) is 5.19. The third-order valence-electron chi connectivity index (χ3n) is 4.22. The van der Waals surface area contributed by atoms with E-state index in [1.165, 1.54) is 38.6 Å². The van der Waals surface area contributed by atoms with Gasteiger partial charge in [0.1, 0.15) is 0 Å². The molecule has 0 amide bonds. The lowest BCUT2D eigenvalue weighted by atomic mass is 9.90. The molecule has 0 radical (unpaired) electrons. The summed E-state index contributed by atoms with van der Waals surface area (Å²) in [5, 5.41) is 10.1. The molecule has 1 saturated carbocycles. The van der Waals surface area contributed by atoms with Gasteiger partial charge in [-0.1, -0.05) is 46.5 Å². The summed E-state index contributed by atoms with van der Waals surface area (Å²) < 4.78 is 0. The van der Waals surface area contributed by atoms with Gasteiger partial charge in [-0.3, -0.25) is 4.90 Å². The summed E-state index contributed by atoms with van der Waals surface area (Å²) in [5.41, 5.74) is 0. The molecule has 0 spiro atoms. The number of likely N-dealkylation sites (N-methyl/N-ethyl adjacent to an activating group) is 1. The zero-order valence-corrected chi connectivity index (χ0v) is 11.3. The molecule has 0 aliphatic heterocycles. The number of aliphatic hydroxyl groups excluding tert-OH is 1. The fraction of sp³-hybridized carbons (Fsp3) is 1.00. The number of hydrogen-bond donors (Lipinski definition) is 1. The maximum absolute atomic E-state index is 10.1. The van der Waals surface area contributed by atoms with Crippen LogP contribution in [0.1, 0.15) is 59.3 Å². The Morgan fingerprint density at radius 1 is 1.12 bits per heavy atom. The molecule has 1 aliphatic carbocycles. The lowest BCUT2D eigenvalue weighted by molar-refractivity contribution is 0.0145. The number of rotatable bonds is 6. The van der Waals surface area contributed by atoms with Gasteiger partial charge in [0.15, 0.2) is 0 Å². The third kappa shape index (κ3) is 3.74. The van der Waals surface area contributed by atoms with Gasteiger partial charge in [0, 0.05) is 12.6 Å². The molecule has 2 nitrogen and oxygen atoms in total. The van der Waals surface area contributed by atoms with Gasteiger partial charge in [-0.25, -0.2) is 0 Å². The van der Waals surface area contributed by atoms with E-state index >= 15 is 0 Å². The van der Waals surface area contributed by atoms with Crippen molar-refractivity contribution in [3.63, 3.8) is 0 Å². The molecule has 2 heteroatoms. The quantitative estimate of drug-likeness (QED) is 0.754. The molecule has 1 fully saturated rings. The van der Waals surface area contributed by atoms with Crippen molar-refractivity contribution in [3.8, 4) is 0 Å². The van der Waals surface area contributed by atoms with E-state index in [1.807, 2.05) is 0 Å². The Balaban J connectivity index is 2.51. The molecule has 0 aromatic carbocycles. The summed E-state index contributed by atoms with van der Waals surface area (Å²) in [5.74, 6) is 0.800. The van der Waals surface area contributed by atoms with Crippen LogP contribution in [0.3, 0.4) is 0 Å². The van der Waals surface area contributed by atoms with E-state index in [2.05, 4.69) is 25.7 Å². The third-order valence-corrected chi connectivity index (χ3v) is 4.22. The Morgan fingerprint density at radius 3 is 2.25 bits per heavy atom. The molecule has 96 valence electrons. The molecule has 0 heterocycles. The minimum absolute atomic E-state index is 0.0805. The van der Waals surface area contributed by atoms with Crippen LogP contribution in [-0.4, -0.2) is 35.2 Å². The smallest absolute Gasteiger partial charge is 0.0695 e. The van der Waals surface area contributed by atoms with Crippen molar-refractivity contribution in [3.05, 3.63) is 0 Å². The highest BCUT2D eigenvalue weighted by Crippen LogP contribution is 2.24. The van der Waals surface area contributed by atoms with E-state index in [-0.39, 0.29) is 6.10 Å². The Morgan fingerprint density at radius 2 is 1.75 bits per heavy atom. The molecule has 0 saturated heterocycles. The van der Waals surface area contributed by atoms with Crippen LogP contribution < -0.4 is 0 Å². The zero-order chi connectivity index (χ0) is 12.0. The summed E-state index contributed by atoms with van der Waals surface area (Å²) in [6.07, 6.45) is 7.13. The number of nitrogens with zero attached hydrogens (tertiary/aromatic N) is 1. The highest BCUT2D eigenvalue weighted by atomic mass is 16.3. The first-order valence-corrected chi connectivity index (χ1v) is 7.14. The first-order chi connectivity index (χ1) is 7.72. The summed E-state index contributed by atoms with van der Waals surface area (Å²) in [6, 6.07) is 0.430. The molecular formula is C14H29NO. The molecule has 0 aromatic rings. The maximum Gasteiger partial charge on any atom is 0.0695 e. The van der Waals surface area contributed by atoms with Crippen molar-refractivity contribution in [2.75, 3.05) is 13.1 Å². The Hall–Kier alpha value is -0.0800. The lowest BCUT2D eigenvalue weighted by Crippen LogP contribution is -2.47. The highest BCUT2D eigenvalue weighted by molar-refractivity contribution is 4.83. The van der Waals surface area contributed by atoms with Crippen LogP contribution in [0.2, 0.25) is 0 Å². The standard InChI is InChI=1S/C14H29NO/c1-4-12(5-2)11-15(6-3)13-9-7-8-10-14(13)16/h12-14,16H,4-11H2,1-3H3. The topological polar surface area (TPSA) is 23.5 Å². The van der Waals surface area contributed by atoms with E-state index in [0.29, 0.717) is 6.04 Å². The fourth-order valence-electron chi connectivity index (χ4n) is 2.90. The van der Waals surface area contributed by atoms with Crippen LogP contribution in [0.4, 0.5) is 0 Å². The molecule has 0 bridgehead atoms. The maximum atomic E-state index is 10.1. The van der Waals surface area contributed by atoms with Gasteiger partial charge in [-0.2, -0.15) is 0 Å². The minimum atomic E-state index is -0.0805. The van der Waals surface area contributed by atoms with E-state index in [0.717, 1.165) is 18.9 Å². The zero-order valence-electron chi connectivity index (χ0n) is 11.3. The summed E-state index contributed by atoms with van der Waals surface area (Å²) in [7, 11) is 0. The fourth-order valence-corrected chi connectivity index (χ4v) is 2.90. The molecule has 0 aromatic heterocycles. The molecule has 1 rings (SSSR count). The molecule has 1 N–H and O–H groups in total. The van der Waals surface area contributed by atoms with Crippen LogP contribution in [0.15, 0.2) is 0 Å². The second kappa shape index (κ2) is 7.29. The lowest BCUT2D eigenvalue weighted by Gasteiger charge is -2.38. The molecular weight excluding hydrogens is 198 g/mol. The van der Waals surface area contributed by atoms with Crippen LogP contribution in [0.25, 0.3) is 0 Å². The van der Waals surface area contributed by atoms with Crippen molar-refractivity contribution in [1.29, 1.82) is 0 Å². The van der Waals surface area contributed by atoms with Crippen molar-refractivity contribution >= 4 is 0 Å². The predicted octanol–water partition coefficient (Wildman–Crippen LogP) is 3.05. The van der Waals surface area contributed by atoms with Gasteiger partial charge < -0.3 is 5.11 Å². The van der Waals surface area contributed by atoms with Gasteiger partial charge in [-0.05, 0) is 25.3 Å². The van der Waals surface area contributed by atoms with Gasteiger partial charge in [0.05, 0.1) is 6.10 Å². The van der Waals surface area contributed by atoms with Gasteiger partial charge in [0.2, 0.25) is 0 Å². The van der Waals surface area contributed by atoms with Crippen LogP contribution >= 0.6 is 0 Å².